The van der Waals surface area contributed by atoms with E-state index >= 15 is 0 Å². The van der Waals surface area contributed by atoms with Crippen molar-refractivity contribution in [3.05, 3.63) is 22.7 Å². The molecule has 1 saturated carbocycles. The Morgan fingerprint density at radius 2 is 2.21 bits per heavy atom. The number of anilines is 1. The van der Waals surface area contributed by atoms with Crippen LogP contribution in [0.15, 0.2) is 17.2 Å². The van der Waals surface area contributed by atoms with E-state index in [9.17, 15) is 4.79 Å². The normalized spacial score (nSPS) is 17.6. The summed E-state index contributed by atoms with van der Waals surface area (Å²) >= 11 is 0. The molecular weight excluding hydrogens is 240 g/mol. The predicted octanol–water partition coefficient (Wildman–Crippen LogP) is 1.58. The lowest BCUT2D eigenvalue weighted by Crippen LogP contribution is -2.36. The SMILES string of the molecule is CCCn1ccnc(NCC2(CN)CCCC2)c1=O. The number of nitrogens with two attached hydrogens (primary N) is 1. The lowest BCUT2D eigenvalue weighted by Gasteiger charge is -2.27. The molecular formula is C14H24N4O. The molecule has 106 valence electrons. The molecule has 0 unspecified atom stereocenters. The Kier molecular flexibility index (Phi) is 4.58. The molecule has 0 radical (unpaired) electrons. The summed E-state index contributed by atoms with van der Waals surface area (Å²) in [5.74, 6) is 0.454. The van der Waals surface area contributed by atoms with Gasteiger partial charge in [-0.3, -0.25) is 4.79 Å². The van der Waals surface area contributed by atoms with Crippen molar-refractivity contribution in [2.24, 2.45) is 11.1 Å². The summed E-state index contributed by atoms with van der Waals surface area (Å²) < 4.78 is 1.71. The summed E-state index contributed by atoms with van der Waals surface area (Å²) in [4.78, 5) is 16.3. The molecule has 0 aliphatic heterocycles. The highest BCUT2D eigenvalue weighted by atomic mass is 16.1. The number of rotatable bonds is 6. The zero-order valence-corrected chi connectivity index (χ0v) is 11.7. The second-order valence-electron chi connectivity index (χ2n) is 5.54. The third kappa shape index (κ3) is 3.15. The van der Waals surface area contributed by atoms with Gasteiger partial charge in [-0.05, 0) is 31.2 Å². The van der Waals surface area contributed by atoms with E-state index in [0.717, 1.165) is 32.4 Å². The Morgan fingerprint density at radius 3 is 2.84 bits per heavy atom. The van der Waals surface area contributed by atoms with Crippen LogP contribution in [0, 0.1) is 5.41 Å². The summed E-state index contributed by atoms with van der Waals surface area (Å²) in [6, 6.07) is 0. The zero-order chi connectivity index (χ0) is 13.7. The quantitative estimate of drug-likeness (QED) is 0.818. The minimum atomic E-state index is -0.0329. The van der Waals surface area contributed by atoms with E-state index in [0.29, 0.717) is 12.4 Å². The third-order valence-electron chi connectivity index (χ3n) is 4.11. The van der Waals surface area contributed by atoms with Gasteiger partial charge in [-0.2, -0.15) is 0 Å². The molecule has 0 aromatic carbocycles. The first-order chi connectivity index (χ1) is 9.21. The molecule has 2 rings (SSSR count). The number of nitrogens with zero attached hydrogens (tertiary/aromatic N) is 2. The van der Waals surface area contributed by atoms with Crippen molar-refractivity contribution in [1.82, 2.24) is 9.55 Å². The van der Waals surface area contributed by atoms with Crippen LogP contribution in [0.1, 0.15) is 39.0 Å². The number of aromatic nitrogens is 2. The fourth-order valence-corrected chi connectivity index (χ4v) is 2.83. The van der Waals surface area contributed by atoms with Crippen molar-refractivity contribution in [2.75, 3.05) is 18.4 Å². The van der Waals surface area contributed by atoms with Gasteiger partial charge in [0.25, 0.3) is 5.56 Å². The molecule has 1 fully saturated rings. The van der Waals surface area contributed by atoms with E-state index in [1.807, 2.05) is 0 Å². The number of aryl methyl sites for hydroxylation is 1. The zero-order valence-electron chi connectivity index (χ0n) is 11.7. The van der Waals surface area contributed by atoms with Crippen LogP contribution in [0.25, 0.3) is 0 Å². The van der Waals surface area contributed by atoms with Gasteiger partial charge in [-0.25, -0.2) is 4.98 Å². The summed E-state index contributed by atoms with van der Waals surface area (Å²) in [6.07, 6.45) is 9.13. The highest BCUT2D eigenvalue weighted by Gasteiger charge is 2.32. The van der Waals surface area contributed by atoms with E-state index in [-0.39, 0.29) is 11.0 Å². The first-order valence-electron chi connectivity index (χ1n) is 7.20. The molecule has 0 spiro atoms. The van der Waals surface area contributed by atoms with Gasteiger partial charge in [-0.15, -0.1) is 0 Å². The van der Waals surface area contributed by atoms with Gasteiger partial charge in [0.15, 0.2) is 5.82 Å². The van der Waals surface area contributed by atoms with Crippen LogP contribution in [-0.4, -0.2) is 22.6 Å². The fraction of sp³-hybridized carbons (Fsp3) is 0.714. The standard InChI is InChI=1S/C14H24N4O/c1-2-8-18-9-7-16-12(13(18)19)17-11-14(10-15)5-3-4-6-14/h7,9H,2-6,8,10-11,15H2,1H3,(H,16,17). The maximum absolute atomic E-state index is 12.2. The van der Waals surface area contributed by atoms with E-state index in [2.05, 4.69) is 17.2 Å². The van der Waals surface area contributed by atoms with E-state index < -0.39 is 0 Å². The van der Waals surface area contributed by atoms with Gasteiger partial charge >= 0.3 is 0 Å². The van der Waals surface area contributed by atoms with Crippen LogP contribution >= 0.6 is 0 Å². The number of hydrogen-bond donors (Lipinski definition) is 2. The molecule has 0 atom stereocenters. The molecule has 0 saturated heterocycles. The highest BCUT2D eigenvalue weighted by Crippen LogP contribution is 2.36. The maximum atomic E-state index is 12.2. The van der Waals surface area contributed by atoms with Crippen molar-refractivity contribution in [3.63, 3.8) is 0 Å². The van der Waals surface area contributed by atoms with Crippen LogP contribution in [0.2, 0.25) is 0 Å². The largest absolute Gasteiger partial charge is 0.365 e. The van der Waals surface area contributed by atoms with Crippen LogP contribution in [0.5, 0.6) is 0 Å². The van der Waals surface area contributed by atoms with Gasteiger partial charge < -0.3 is 15.6 Å². The molecule has 1 aliphatic rings. The molecule has 5 nitrogen and oxygen atoms in total. The van der Waals surface area contributed by atoms with Crippen LogP contribution in [-0.2, 0) is 6.54 Å². The van der Waals surface area contributed by atoms with Crippen molar-refractivity contribution in [1.29, 1.82) is 0 Å². The Bertz CT molecular complexity index is 463. The van der Waals surface area contributed by atoms with Gasteiger partial charge in [0.2, 0.25) is 0 Å². The topological polar surface area (TPSA) is 72.9 Å². The van der Waals surface area contributed by atoms with Gasteiger partial charge in [0.1, 0.15) is 0 Å². The fourth-order valence-electron chi connectivity index (χ4n) is 2.83. The minimum absolute atomic E-state index is 0.0329. The molecule has 1 heterocycles. The first kappa shape index (κ1) is 14.1. The smallest absolute Gasteiger partial charge is 0.293 e. The monoisotopic (exact) mass is 264 g/mol. The number of hydrogen-bond acceptors (Lipinski definition) is 4. The Balaban J connectivity index is 2.07. The van der Waals surface area contributed by atoms with E-state index in [1.54, 1.807) is 17.0 Å². The van der Waals surface area contributed by atoms with Crippen LogP contribution < -0.4 is 16.6 Å². The van der Waals surface area contributed by atoms with Crippen molar-refractivity contribution < 1.29 is 0 Å². The Hall–Kier alpha value is -1.36. The lowest BCUT2D eigenvalue weighted by molar-refractivity contribution is 0.331. The Labute approximate surface area is 114 Å². The second-order valence-corrected chi connectivity index (χ2v) is 5.54. The molecule has 0 bridgehead atoms. The van der Waals surface area contributed by atoms with Crippen molar-refractivity contribution >= 4 is 5.82 Å². The third-order valence-corrected chi connectivity index (χ3v) is 4.11. The second kappa shape index (κ2) is 6.19. The lowest BCUT2D eigenvalue weighted by atomic mass is 9.86. The van der Waals surface area contributed by atoms with Gasteiger partial charge in [-0.1, -0.05) is 19.8 Å². The molecule has 1 aromatic heterocycles. The summed E-state index contributed by atoms with van der Waals surface area (Å²) in [5, 5.41) is 3.22. The minimum Gasteiger partial charge on any atom is -0.365 e. The van der Waals surface area contributed by atoms with Gasteiger partial charge in [0, 0.05) is 25.5 Å². The summed E-state index contributed by atoms with van der Waals surface area (Å²) in [6.45, 7) is 4.22. The predicted molar refractivity (Wildman–Crippen MR) is 77.2 cm³/mol. The average Bonchev–Trinajstić information content (AvgIpc) is 2.89. The summed E-state index contributed by atoms with van der Waals surface area (Å²) in [7, 11) is 0. The molecule has 1 aromatic rings. The molecule has 0 amide bonds. The first-order valence-corrected chi connectivity index (χ1v) is 7.20. The average molecular weight is 264 g/mol. The van der Waals surface area contributed by atoms with Crippen molar-refractivity contribution in [3.8, 4) is 0 Å². The Morgan fingerprint density at radius 1 is 1.47 bits per heavy atom. The molecule has 5 heteroatoms. The van der Waals surface area contributed by atoms with E-state index in [4.69, 9.17) is 5.73 Å². The maximum Gasteiger partial charge on any atom is 0.293 e. The molecule has 19 heavy (non-hydrogen) atoms. The number of nitrogens with one attached hydrogen (secondary N) is 1. The van der Waals surface area contributed by atoms with Gasteiger partial charge in [0.05, 0.1) is 0 Å². The van der Waals surface area contributed by atoms with Crippen molar-refractivity contribution in [2.45, 2.75) is 45.6 Å². The molecule has 3 N–H and O–H groups in total. The van der Waals surface area contributed by atoms with E-state index in [1.165, 1.54) is 12.8 Å². The van der Waals surface area contributed by atoms with Crippen LogP contribution in [0.3, 0.4) is 0 Å². The molecule has 1 aliphatic carbocycles. The summed E-state index contributed by atoms with van der Waals surface area (Å²) in [5.41, 5.74) is 6.02. The van der Waals surface area contributed by atoms with Crippen LogP contribution in [0.4, 0.5) is 5.82 Å². The highest BCUT2D eigenvalue weighted by molar-refractivity contribution is 5.31.